The van der Waals surface area contributed by atoms with E-state index in [1.165, 1.54) is 17.1 Å². The number of sulfonamides is 1. The van der Waals surface area contributed by atoms with E-state index in [0.29, 0.717) is 17.1 Å². The van der Waals surface area contributed by atoms with Crippen molar-refractivity contribution >= 4 is 33.2 Å². The second kappa shape index (κ2) is 6.18. The molecule has 2 N–H and O–H groups in total. The average Bonchev–Trinajstić information content (AvgIpc) is 2.21. The highest BCUT2D eigenvalue weighted by atomic mass is 35.5. The Hall–Kier alpha value is -0.370. The lowest BCUT2D eigenvalue weighted by molar-refractivity contribution is 0.364. The van der Waals surface area contributed by atoms with Gasteiger partial charge in [-0.05, 0) is 19.2 Å². The Morgan fingerprint density at radius 3 is 2.39 bits per heavy atom. The highest BCUT2D eigenvalue weighted by molar-refractivity contribution is 7.89. The van der Waals surface area contributed by atoms with Crippen LogP contribution >= 0.6 is 23.2 Å². The van der Waals surface area contributed by atoms with Gasteiger partial charge in [-0.2, -0.15) is 0 Å². The average molecular weight is 312 g/mol. The minimum absolute atomic E-state index is 0.00696. The quantitative estimate of drug-likeness (QED) is 0.808. The van der Waals surface area contributed by atoms with E-state index in [-0.39, 0.29) is 9.92 Å². The lowest BCUT2D eigenvalue weighted by atomic mass is 10.2. The molecule has 102 valence electrons. The van der Waals surface area contributed by atoms with Crippen LogP contribution in [-0.4, -0.2) is 34.6 Å². The van der Waals surface area contributed by atoms with Crippen LogP contribution in [0, 0.1) is 0 Å². The summed E-state index contributed by atoms with van der Waals surface area (Å²) in [6, 6.07) is 2.90. The van der Waals surface area contributed by atoms with Crippen molar-refractivity contribution in [1.29, 1.82) is 0 Å². The van der Waals surface area contributed by atoms with Crippen LogP contribution in [0.5, 0.6) is 0 Å². The minimum Gasteiger partial charge on any atom is -0.316 e. The van der Waals surface area contributed by atoms with E-state index >= 15 is 0 Å². The predicted molar refractivity (Wildman–Crippen MR) is 73.2 cm³/mol. The SMILES string of the molecule is CNCc1c(Cl)ccc(S(=O)(=O)NN(C)C)c1Cl. The number of nitrogens with zero attached hydrogens (tertiary/aromatic N) is 1. The summed E-state index contributed by atoms with van der Waals surface area (Å²) in [5.41, 5.74) is 0.558. The molecule has 18 heavy (non-hydrogen) atoms. The molecule has 8 heteroatoms. The molecule has 0 heterocycles. The Kier molecular flexibility index (Phi) is 5.39. The van der Waals surface area contributed by atoms with Crippen LogP contribution in [0.1, 0.15) is 5.56 Å². The maximum Gasteiger partial charge on any atom is 0.254 e. The first-order valence-electron chi connectivity index (χ1n) is 5.11. The molecule has 0 atom stereocenters. The molecule has 0 saturated heterocycles. The number of hydrogen-bond donors (Lipinski definition) is 2. The molecular formula is C10H15Cl2N3O2S. The molecule has 1 rings (SSSR count). The van der Waals surface area contributed by atoms with Gasteiger partial charge in [-0.1, -0.05) is 23.2 Å². The number of hydrazine groups is 1. The van der Waals surface area contributed by atoms with Crippen LogP contribution in [0.25, 0.3) is 0 Å². The van der Waals surface area contributed by atoms with Crippen LogP contribution in [0.3, 0.4) is 0 Å². The molecule has 0 radical (unpaired) electrons. The predicted octanol–water partition coefficient (Wildman–Crippen LogP) is 1.47. The molecule has 0 amide bonds. The van der Waals surface area contributed by atoms with Crippen molar-refractivity contribution in [3.63, 3.8) is 0 Å². The minimum atomic E-state index is -3.69. The molecule has 1 aromatic rings. The van der Waals surface area contributed by atoms with Gasteiger partial charge < -0.3 is 5.32 Å². The lowest BCUT2D eigenvalue weighted by Gasteiger charge is -2.15. The number of nitrogens with one attached hydrogen (secondary N) is 2. The Bertz CT molecular complexity index is 532. The van der Waals surface area contributed by atoms with Crippen molar-refractivity contribution in [3.05, 3.63) is 27.7 Å². The summed E-state index contributed by atoms with van der Waals surface area (Å²) in [6.07, 6.45) is 0. The molecule has 0 saturated carbocycles. The number of rotatable bonds is 5. The monoisotopic (exact) mass is 311 g/mol. The van der Waals surface area contributed by atoms with E-state index in [1.807, 2.05) is 0 Å². The first-order valence-corrected chi connectivity index (χ1v) is 7.34. The van der Waals surface area contributed by atoms with Gasteiger partial charge in [-0.3, -0.25) is 0 Å². The van der Waals surface area contributed by atoms with Gasteiger partial charge >= 0.3 is 0 Å². The van der Waals surface area contributed by atoms with Crippen LogP contribution in [-0.2, 0) is 16.6 Å². The topological polar surface area (TPSA) is 61.4 Å². The molecule has 1 aromatic carbocycles. The fourth-order valence-electron chi connectivity index (χ4n) is 1.41. The van der Waals surface area contributed by atoms with Gasteiger partial charge in [0.15, 0.2) is 0 Å². The first kappa shape index (κ1) is 15.7. The van der Waals surface area contributed by atoms with Gasteiger partial charge in [0.05, 0.1) is 5.02 Å². The van der Waals surface area contributed by atoms with Crippen LogP contribution in [0.2, 0.25) is 10.0 Å². The summed E-state index contributed by atoms with van der Waals surface area (Å²) in [7, 11) is 1.20. The molecule has 5 nitrogen and oxygen atoms in total. The van der Waals surface area contributed by atoms with Crippen molar-refractivity contribution in [2.75, 3.05) is 21.1 Å². The van der Waals surface area contributed by atoms with Crippen LogP contribution < -0.4 is 10.1 Å². The maximum absolute atomic E-state index is 12.0. The third-order valence-corrected chi connectivity index (χ3v) is 4.52. The third-order valence-electron chi connectivity index (χ3n) is 2.10. The molecule has 0 fully saturated rings. The smallest absolute Gasteiger partial charge is 0.254 e. The second-order valence-corrected chi connectivity index (χ2v) is 6.27. The van der Waals surface area contributed by atoms with E-state index in [2.05, 4.69) is 10.1 Å². The molecule has 0 unspecified atom stereocenters. The number of benzene rings is 1. The first-order chi connectivity index (χ1) is 8.29. The van der Waals surface area contributed by atoms with Crippen molar-refractivity contribution < 1.29 is 8.42 Å². The summed E-state index contributed by atoms with van der Waals surface area (Å²) >= 11 is 12.1. The lowest BCUT2D eigenvalue weighted by Crippen LogP contribution is -2.36. The van der Waals surface area contributed by atoms with E-state index in [0.717, 1.165) is 0 Å². The van der Waals surface area contributed by atoms with Crippen LogP contribution in [0.15, 0.2) is 17.0 Å². The molecular weight excluding hydrogens is 297 g/mol. The maximum atomic E-state index is 12.0. The van der Waals surface area contributed by atoms with Gasteiger partial charge in [0, 0.05) is 31.2 Å². The van der Waals surface area contributed by atoms with Gasteiger partial charge in [0.2, 0.25) is 0 Å². The Labute approximate surface area is 117 Å². The third kappa shape index (κ3) is 3.57. The fraction of sp³-hybridized carbons (Fsp3) is 0.400. The normalized spacial score (nSPS) is 12.1. The number of halogens is 2. The summed E-state index contributed by atoms with van der Waals surface area (Å²) < 4.78 is 24.1. The molecule has 0 aromatic heterocycles. The Morgan fingerprint density at radius 2 is 1.89 bits per heavy atom. The highest BCUT2D eigenvalue weighted by Gasteiger charge is 2.21. The van der Waals surface area contributed by atoms with E-state index in [4.69, 9.17) is 23.2 Å². The van der Waals surface area contributed by atoms with Gasteiger partial charge in [0.1, 0.15) is 4.90 Å². The van der Waals surface area contributed by atoms with Crippen LogP contribution in [0.4, 0.5) is 0 Å². The summed E-state index contributed by atoms with van der Waals surface area (Å²) in [5, 5.41) is 4.78. The second-order valence-electron chi connectivity index (χ2n) is 3.86. The fourth-order valence-corrected chi connectivity index (χ4v) is 3.41. The zero-order chi connectivity index (χ0) is 13.9. The zero-order valence-corrected chi connectivity index (χ0v) is 12.6. The highest BCUT2D eigenvalue weighted by Crippen LogP contribution is 2.30. The number of hydrogen-bond acceptors (Lipinski definition) is 4. The zero-order valence-electron chi connectivity index (χ0n) is 10.3. The van der Waals surface area contributed by atoms with E-state index in [1.54, 1.807) is 21.1 Å². The molecule has 0 bridgehead atoms. The molecule has 0 aliphatic carbocycles. The van der Waals surface area contributed by atoms with Crippen molar-refractivity contribution in [2.24, 2.45) is 0 Å². The standard InChI is InChI=1S/C10H15Cl2N3O2S/c1-13-6-7-8(11)4-5-9(10(7)12)18(16,17)14-15(2)3/h4-5,13-14H,6H2,1-3H3. The molecule has 0 spiro atoms. The molecule has 0 aliphatic rings. The largest absolute Gasteiger partial charge is 0.316 e. The molecule has 0 aliphatic heterocycles. The van der Waals surface area contributed by atoms with Crippen molar-refractivity contribution in [2.45, 2.75) is 11.4 Å². The van der Waals surface area contributed by atoms with Gasteiger partial charge in [0.25, 0.3) is 10.0 Å². The van der Waals surface area contributed by atoms with Gasteiger partial charge in [-0.25, -0.2) is 13.4 Å². The Morgan fingerprint density at radius 1 is 1.28 bits per heavy atom. The summed E-state index contributed by atoms with van der Waals surface area (Å²) in [4.78, 5) is 2.33. The van der Waals surface area contributed by atoms with E-state index in [9.17, 15) is 8.42 Å². The van der Waals surface area contributed by atoms with E-state index < -0.39 is 10.0 Å². The summed E-state index contributed by atoms with van der Waals surface area (Å²) in [6.45, 7) is 0.392. The summed E-state index contributed by atoms with van der Waals surface area (Å²) in [5.74, 6) is 0. The Balaban J connectivity index is 3.31. The van der Waals surface area contributed by atoms with Gasteiger partial charge in [-0.15, -0.1) is 4.83 Å². The van der Waals surface area contributed by atoms with Crippen molar-refractivity contribution in [1.82, 2.24) is 15.2 Å². The van der Waals surface area contributed by atoms with Crippen molar-refractivity contribution in [3.8, 4) is 0 Å².